The fourth-order valence-electron chi connectivity index (χ4n) is 5.05. The average molecular weight is 426 g/mol. The van der Waals surface area contributed by atoms with Crippen molar-refractivity contribution in [1.29, 1.82) is 0 Å². The van der Waals surface area contributed by atoms with Crippen LogP contribution in [0.15, 0.2) is 10.3 Å². The molecule has 0 radical (unpaired) electrons. The Kier molecular flexibility index (Phi) is 3.92. The van der Waals surface area contributed by atoms with Crippen LogP contribution in [0.25, 0.3) is 0 Å². The standard InChI is InChI=1S/C14H19F5O5S2/c15-26(16,17,18,19)12(8-25(21,22)23)7-24-13(20)14-4-9-1-10(5-14)3-11(2-9)6-14/h8-11H,1-7H2,(H,21,22,23). The molecular weight excluding hydrogens is 407 g/mol. The van der Waals surface area contributed by atoms with Gasteiger partial charge in [-0.15, -0.1) is 0 Å². The maximum atomic E-state index is 13.0. The molecule has 4 aliphatic rings. The van der Waals surface area contributed by atoms with Gasteiger partial charge in [0, 0.05) is 0 Å². The number of halogens is 5. The van der Waals surface area contributed by atoms with E-state index in [0.717, 1.165) is 19.3 Å². The van der Waals surface area contributed by atoms with Gasteiger partial charge in [0.2, 0.25) is 0 Å². The Morgan fingerprint density at radius 3 is 1.81 bits per heavy atom. The molecule has 4 fully saturated rings. The van der Waals surface area contributed by atoms with Gasteiger partial charge in [0.1, 0.15) is 11.5 Å². The van der Waals surface area contributed by atoms with Crippen molar-refractivity contribution >= 4 is 26.3 Å². The molecule has 0 saturated heterocycles. The molecule has 0 aliphatic heterocycles. The van der Waals surface area contributed by atoms with Crippen LogP contribution in [0.5, 0.6) is 0 Å². The number of esters is 1. The normalized spacial score (nSPS) is 37.2. The molecule has 12 heteroatoms. The maximum absolute atomic E-state index is 13.0. The zero-order chi connectivity index (χ0) is 19.7. The lowest BCUT2D eigenvalue weighted by Gasteiger charge is -2.55. The smallest absolute Gasteiger partial charge is 0.312 e. The highest BCUT2D eigenvalue weighted by atomic mass is 32.5. The Labute approximate surface area is 147 Å². The Balaban J connectivity index is 1.80. The van der Waals surface area contributed by atoms with Gasteiger partial charge in [-0.1, -0.05) is 19.4 Å². The second-order valence-electron chi connectivity index (χ2n) is 7.84. The summed E-state index contributed by atoms with van der Waals surface area (Å²) in [5.41, 5.74) is -0.976. The molecule has 4 aliphatic carbocycles. The zero-order valence-electron chi connectivity index (χ0n) is 13.5. The molecule has 0 spiro atoms. The summed E-state index contributed by atoms with van der Waals surface area (Å²) in [6.07, 6.45) is 4.20. The van der Waals surface area contributed by atoms with Crippen LogP contribution in [0.2, 0.25) is 0 Å². The highest BCUT2D eigenvalue weighted by Crippen LogP contribution is 3.02. The number of ether oxygens (including phenoxy) is 1. The van der Waals surface area contributed by atoms with Crippen molar-refractivity contribution in [2.45, 2.75) is 38.5 Å². The zero-order valence-corrected chi connectivity index (χ0v) is 15.2. The second-order valence-corrected chi connectivity index (χ2v) is 11.6. The van der Waals surface area contributed by atoms with Crippen molar-refractivity contribution in [3.05, 3.63) is 10.3 Å². The third-order valence-electron chi connectivity index (χ3n) is 5.59. The summed E-state index contributed by atoms with van der Waals surface area (Å²) in [5, 5.41) is -0.985. The van der Waals surface area contributed by atoms with Crippen molar-refractivity contribution in [1.82, 2.24) is 0 Å². The van der Waals surface area contributed by atoms with Gasteiger partial charge < -0.3 is 4.74 Å². The first-order valence-corrected chi connectivity index (χ1v) is 11.5. The van der Waals surface area contributed by atoms with Gasteiger partial charge in [0.15, 0.2) is 0 Å². The quantitative estimate of drug-likeness (QED) is 0.389. The van der Waals surface area contributed by atoms with Gasteiger partial charge >= 0.3 is 16.2 Å². The summed E-state index contributed by atoms with van der Waals surface area (Å²) < 4.78 is 99.3. The van der Waals surface area contributed by atoms with Crippen molar-refractivity contribution < 1.29 is 41.9 Å². The predicted octanol–water partition coefficient (Wildman–Crippen LogP) is 4.77. The number of rotatable bonds is 5. The van der Waals surface area contributed by atoms with E-state index >= 15 is 0 Å². The Morgan fingerprint density at radius 1 is 1.04 bits per heavy atom. The van der Waals surface area contributed by atoms with Crippen LogP contribution in [0.1, 0.15) is 38.5 Å². The molecule has 152 valence electrons. The lowest BCUT2D eigenvalue weighted by molar-refractivity contribution is -0.170. The van der Waals surface area contributed by atoms with Crippen molar-refractivity contribution in [3.8, 4) is 0 Å². The lowest BCUT2D eigenvalue weighted by Crippen LogP contribution is -2.50. The monoisotopic (exact) mass is 426 g/mol. The Morgan fingerprint density at radius 2 is 1.46 bits per heavy atom. The van der Waals surface area contributed by atoms with Gasteiger partial charge in [-0.3, -0.25) is 9.35 Å². The fraction of sp³-hybridized carbons (Fsp3) is 0.786. The third-order valence-corrected chi connectivity index (χ3v) is 7.55. The molecule has 26 heavy (non-hydrogen) atoms. The minimum atomic E-state index is -10.4. The largest absolute Gasteiger partial charge is 0.459 e. The van der Waals surface area contributed by atoms with Crippen LogP contribution in [0.4, 0.5) is 19.4 Å². The molecule has 4 rings (SSSR count). The van der Waals surface area contributed by atoms with Gasteiger partial charge in [-0.2, -0.15) is 8.42 Å². The van der Waals surface area contributed by atoms with Crippen molar-refractivity contribution in [2.24, 2.45) is 23.2 Å². The van der Waals surface area contributed by atoms with E-state index in [1.54, 1.807) is 0 Å². The van der Waals surface area contributed by atoms with Crippen LogP contribution in [-0.4, -0.2) is 25.5 Å². The predicted molar refractivity (Wildman–Crippen MR) is 84.3 cm³/mol. The van der Waals surface area contributed by atoms with Gasteiger partial charge in [0.05, 0.1) is 10.8 Å². The first-order chi connectivity index (χ1) is 11.5. The van der Waals surface area contributed by atoms with Crippen LogP contribution in [-0.2, 0) is 19.6 Å². The van der Waals surface area contributed by atoms with Gasteiger partial charge in [0.25, 0.3) is 10.1 Å². The average Bonchev–Trinajstić information content (AvgIpc) is 2.37. The molecule has 0 aromatic heterocycles. The molecule has 0 atom stereocenters. The van der Waals surface area contributed by atoms with E-state index in [2.05, 4.69) is 4.74 Å². The Bertz CT molecular complexity index is 736. The van der Waals surface area contributed by atoms with Crippen LogP contribution < -0.4 is 0 Å². The summed E-state index contributed by atoms with van der Waals surface area (Å²) in [6.45, 7) is -1.95. The molecule has 5 nitrogen and oxygen atoms in total. The molecule has 4 saturated carbocycles. The third kappa shape index (κ3) is 4.16. The van der Waals surface area contributed by atoms with Crippen LogP contribution in [0.3, 0.4) is 0 Å². The maximum Gasteiger partial charge on any atom is 0.312 e. The molecule has 0 unspecified atom stereocenters. The molecule has 0 amide bonds. The first kappa shape index (κ1) is 19.9. The number of hydrogen-bond donors (Lipinski definition) is 1. The van der Waals surface area contributed by atoms with Crippen LogP contribution >= 0.6 is 10.2 Å². The van der Waals surface area contributed by atoms with Crippen LogP contribution in [0, 0.1) is 23.2 Å². The summed E-state index contributed by atoms with van der Waals surface area (Å²) in [6, 6.07) is 0. The summed E-state index contributed by atoms with van der Waals surface area (Å²) in [7, 11) is -15.9. The van der Waals surface area contributed by atoms with E-state index in [0.29, 0.717) is 19.3 Å². The van der Waals surface area contributed by atoms with E-state index in [1.807, 2.05) is 0 Å². The number of carbonyl (C=O) groups excluding carboxylic acids is 1. The SMILES string of the molecule is O=C(OCC(=CS(=O)(=O)O)S(F)(F)(F)(F)F)C12CC3CC(CC(C3)C1)C2. The molecule has 1 N–H and O–H groups in total. The first-order valence-electron chi connectivity index (χ1n) is 8.05. The van der Waals surface area contributed by atoms with E-state index in [9.17, 15) is 32.6 Å². The van der Waals surface area contributed by atoms with E-state index in [1.165, 1.54) is 0 Å². The van der Waals surface area contributed by atoms with E-state index < -0.39 is 48.6 Å². The summed E-state index contributed by atoms with van der Waals surface area (Å²) in [5.74, 6) is -0.175. The van der Waals surface area contributed by atoms with Gasteiger partial charge in [-0.25, -0.2) is 0 Å². The van der Waals surface area contributed by atoms with Gasteiger partial charge in [-0.05, 0) is 56.3 Å². The van der Waals surface area contributed by atoms with Crippen molar-refractivity contribution in [2.75, 3.05) is 6.61 Å². The fourth-order valence-corrected chi connectivity index (χ4v) is 6.83. The van der Waals surface area contributed by atoms with Crippen molar-refractivity contribution in [3.63, 3.8) is 0 Å². The summed E-state index contributed by atoms with van der Waals surface area (Å²) >= 11 is 0. The molecular formula is C14H19F5O5S2. The second kappa shape index (κ2) is 5.13. The molecule has 0 aromatic rings. The Hall–Kier alpha value is -0.880. The number of hydrogen-bond acceptors (Lipinski definition) is 4. The molecule has 0 heterocycles. The summed E-state index contributed by atoms with van der Waals surface area (Å²) in [4.78, 5) is 9.60. The topological polar surface area (TPSA) is 80.7 Å². The lowest BCUT2D eigenvalue weighted by atomic mass is 9.49. The highest BCUT2D eigenvalue weighted by molar-refractivity contribution is 8.48. The molecule has 0 aromatic carbocycles. The minimum Gasteiger partial charge on any atom is -0.459 e. The van der Waals surface area contributed by atoms with E-state index in [4.69, 9.17) is 4.55 Å². The minimum absolute atomic E-state index is 0.275. The highest BCUT2D eigenvalue weighted by Gasteiger charge is 2.68. The van der Waals surface area contributed by atoms with E-state index in [-0.39, 0.29) is 17.8 Å². The number of carbonyl (C=O) groups is 1. The molecule has 4 bridgehead atoms.